The normalized spacial score (nSPS) is 10.6. The van der Waals surface area contributed by atoms with Crippen LogP contribution in [0, 0.1) is 0 Å². The molecule has 0 saturated heterocycles. The summed E-state index contributed by atoms with van der Waals surface area (Å²) < 4.78 is 7.92. The smallest absolute Gasteiger partial charge is 0.330 e. The maximum Gasteiger partial charge on any atom is 0.330 e. The molecule has 0 radical (unpaired) electrons. The minimum Gasteiger partial charge on any atom is -0.372 e. The summed E-state index contributed by atoms with van der Waals surface area (Å²) in [5.41, 5.74) is 1.81. The van der Waals surface area contributed by atoms with E-state index in [0.717, 1.165) is 23.4 Å². The van der Waals surface area contributed by atoms with Gasteiger partial charge in [-0.2, -0.15) is 0 Å². The highest BCUT2D eigenvalue weighted by molar-refractivity contribution is 7.98. The van der Waals surface area contributed by atoms with E-state index >= 15 is 0 Å². The van der Waals surface area contributed by atoms with E-state index in [9.17, 15) is 4.79 Å². The molecule has 0 aliphatic rings. The van der Waals surface area contributed by atoms with Crippen molar-refractivity contribution in [3.05, 3.63) is 48.5 Å². The number of fused-ring (bicyclic) bond motifs is 1. The number of hydrogen-bond donors (Lipinski definition) is 2. The lowest BCUT2D eigenvalue weighted by Gasteiger charge is -2.21. The number of carbonyl (C=O) groups is 1. The molecule has 0 aliphatic heterocycles. The van der Waals surface area contributed by atoms with Crippen LogP contribution in [0.3, 0.4) is 0 Å². The van der Waals surface area contributed by atoms with E-state index in [-0.39, 0.29) is 6.03 Å². The monoisotopic (exact) mass is 356 g/mol. The van der Waals surface area contributed by atoms with Crippen molar-refractivity contribution in [1.29, 1.82) is 0 Å². The Morgan fingerprint density at radius 3 is 2.56 bits per heavy atom. The van der Waals surface area contributed by atoms with Gasteiger partial charge in [0.15, 0.2) is 11.4 Å². The Labute approximate surface area is 150 Å². The molecule has 130 valence electrons. The van der Waals surface area contributed by atoms with Gasteiger partial charge in [-0.1, -0.05) is 17.3 Å². The van der Waals surface area contributed by atoms with Crippen LogP contribution in [0.1, 0.15) is 13.8 Å². The molecule has 3 aromatic rings. The molecule has 0 unspecified atom stereocenters. The molecule has 25 heavy (non-hydrogen) atoms. The van der Waals surface area contributed by atoms with Crippen molar-refractivity contribution in [3.8, 4) is 0 Å². The van der Waals surface area contributed by atoms with Crippen molar-refractivity contribution in [2.24, 2.45) is 0 Å². The van der Waals surface area contributed by atoms with Crippen LogP contribution >= 0.6 is 11.9 Å². The van der Waals surface area contributed by atoms with Crippen LogP contribution in [0.25, 0.3) is 11.0 Å². The minimum atomic E-state index is -0.350. The third-order valence-corrected chi connectivity index (χ3v) is 4.63. The number of benzene rings is 2. The number of amides is 2. The molecule has 0 saturated carbocycles. The topological polar surface area (TPSA) is 70.4 Å². The molecular formula is C18H20N4O2S. The average molecular weight is 356 g/mol. The standard InChI is InChI=1S/C18H20N4O2S/c1-3-22(4-2)13-9-11-14(12-10-13)25-21-18(23)19-17-15-7-5-6-8-16(15)24-20-17/h5-12H,3-4H2,1-2H3,(H2,19,20,21,23). The molecule has 2 N–H and O–H groups in total. The Bertz CT molecular complexity index is 844. The molecule has 1 heterocycles. The van der Waals surface area contributed by atoms with E-state index in [0.29, 0.717) is 11.4 Å². The van der Waals surface area contributed by atoms with Crippen molar-refractivity contribution in [3.63, 3.8) is 0 Å². The first-order valence-electron chi connectivity index (χ1n) is 8.14. The second-order valence-electron chi connectivity index (χ2n) is 5.35. The van der Waals surface area contributed by atoms with Gasteiger partial charge < -0.3 is 9.42 Å². The van der Waals surface area contributed by atoms with Gasteiger partial charge in [-0.15, -0.1) is 0 Å². The molecule has 2 aromatic carbocycles. The van der Waals surface area contributed by atoms with Gasteiger partial charge in [0.2, 0.25) is 0 Å². The summed E-state index contributed by atoms with van der Waals surface area (Å²) >= 11 is 1.25. The van der Waals surface area contributed by atoms with E-state index in [1.165, 1.54) is 17.6 Å². The summed E-state index contributed by atoms with van der Waals surface area (Å²) in [6.07, 6.45) is 0. The third-order valence-electron chi connectivity index (χ3n) is 3.84. The zero-order chi connectivity index (χ0) is 17.6. The van der Waals surface area contributed by atoms with Crippen LogP contribution in [-0.4, -0.2) is 24.3 Å². The highest BCUT2D eigenvalue weighted by Gasteiger charge is 2.11. The van der Waals surface area contributed by atoms with Crippen molar-refractivity contribution in [2.75, 3.05) is 23.3 Å². The SMILES string of the molecule is CCN(CC)c1ccc(SNC(=O)Nc2noc3ccccc23)cc1. The number of anilines is 2. The van der Waals surface area contributed by atoms with Crippen LogP contribution in [-0.2, 0) is 0 Å². The third kappa shape index (κ3) is 4.06. The summed E-state index contributed by atoms with van der Waals surface area (Å²) in [5, 5.41) is 7.35. The van der Waals surface area contributed by atoms with Gasteiger partial charge in [-0.3, -0.25) is 10.0 Å². The van der Waals surface area contributed by atoms with Gasteiger partial charge in [0.05, 0.1) is 5.39 Å². The number of nitrogens with zero attached hydrogens (tertiary/aromatic N) is 2. The Hall–Kier alpha value is -2.67. The van der Waals surface area contributed by atoms with Crippen LogP contribution < -0.4 is 14.9 Å². The number of urea groups is 1. The summed E-state index contributed by atoms with van der Waals surface area (Å²) in [6.45, 7) is 6.20. The zero-order valence-electron chi connectivity index (χ0n) is 14.2. The second-order valence-corrected chi connectivity index (χ2v) is 6.23. The molecule has 0 spiro atoms. The number of aromatic nitrogens is 1. The predicted molar refractivity (Wildman–Crippen MR) is 102 cm³/mol. The summed E-state index contributed by atoms with van der Waals surface area (Å²) in [6, 6.07) is 15.1. The number of nitrogens with one attached hydrogen (secondary N) is 2. The van der Waals surface area contributed by atoms with E-state index in [2.05, 4.69) is 46.1 Å². The van der Waals surface area contributed by atoms with Crippen LogP contribution in [0.5, 0.6) is 0 Å². The Kier molecular flexibility index (Phi) is 5.45. The van der Waals surface area contributed by atoms with Gasteiger partial charge in [0, 0.05) is 23.7 Å². The van der Waals surface area contributed by atoms with Crippen molar-refractivity contribution in [1.82, 2.24) is 9.88 Å². The molecule has 0 aliphatic carbocycles. The molecule has 0 atom stereocenters. The van der Waals surface area contributed by atoms with Crippen molar-refractivity contribution in [2.45, 2.75) is 18.7 Å². The molecule has 0 bridgehead atoms. The maximum absolute atomic E-state index is 12.1. The lowest BCUT2D eigenvalue weighted by atomic mass is 10.2. The fraction of sp³-hybridized carbons (Fsp3) is 0.222. The molecule has 6 nitrogen and oxygen atoms in total. The van der Waals surface area contributed by atoms with Crippen LogP contribution in [0.15, 0.2) is 57.9 Å². The van der Waals surface area contributed by atoms with Crippen molar-refractivity contribution < 1.29 is 9.32 Å². The molecule has 0 fully saturated rings. The summed E-state index contributed by atoms with van der Waals surface area (Å²) in [4.78, 5) is 15.3. The maximum atomic E-state index is 12.1. The summed E-state index contributed by atoms with van der Waals surface area (Å²) in [5.74, 6) is 0.408. The van der Waals surface area contributed by atoms with Crippen molar-refractivity contribution >= 4 is 40.5 Å². The predicted octanol–water partition coefficient (Wildman–Crippen LogP) is 4.50. The van der Waals surface area contributed by atoms with E-state index < -0.39 is 0 Å². The van der Waals surface area contributed by atoms with Gasteiger partial charge in [0.25, 0.3) is 0 Å². The second kappa shape index (κ2) is 7.94. The number of carbonyl (C=O) groups excluding carboxylic acids is 1. The highest BCUT2D eigenvalue weighted by Crippen LogP contribution is 2.23. The number of para-hydroxylation sites is 1. The van der Waals surface area contributed by atoms with Gasteiger partial charge in [-0.25, -0.2) is 4.79 Å². The highest BCUT2D eigenvalue weighted by atomic mass is 32.2. The fourth-order valence-electron chi connectivity index (χ4n) is 2.53. The first-order valence-corrected chi connectivity index (χ1v) is 8.96. The number of rotatable bonds is 6. The Balaban J connectivity index is 1.57. The van der Waals surface area contributed by atoms with Gasteiger partial charge in [0.1, 0.15) is 0 Å². The molecule has 1 aromatic heterocycles. The minimum absolute atomic E-state index is 0.350. The van der Waals surface area contributed by atoms with E-state index in [1.54, 1.807) is 6.07 Å². The fourth-order valence-corrected chi connectivity index (χ4v) is 3.06. The molecule has 7 heteroatoms. The molecule has 3 rings (SSSR count). The van der Waals surface area contributed by atoms with E-state index in [4.69, 9.17) is 4.52 Å². The summed E-state index contributed by atoms with van der Waals surface area (Å²) in [7, 11) is 0. The lowest BCUT2D eigenvalue weighted by Crippen LogP contribution is -2.23. The largest absolute Gasteiger partial charge is 0.372 e. The zero-order valence-corrected chi connectivity index (χ0v) is 15.0. The first kappa shape index (κ1) is 17.2. The number of hydrogen-bond acceptors (Lipinski definition) is 5. The average Bonchev–Trinajstić information content (AvgIpc) is 3.05. The lowest BCUT2D eigenvalue weighted by molar-refractivity contribution is 0.257. The first-order chi connectivity index (χ1) is 12.2. The quantitative estimate of drug-likeness (QED) is 0.636. The van der Waals surface area contributed by atoms with Gasteiger partial charge in [-0.05, 0) is 62.2 Å². The van der Waals surface area contributed by atoms with Crippen LogP contribution in [0.2, 0.25) is 0 Å². The molecular weight excluding hydrogens is 336 g/mol. The van der Waals surface area contributed by atoms with E-state index in [1.807, 2.05) is 30.3 Å². The van der Waals surface area contributed by atoms with Gasteiger partial charge >= 0.3 is 6.03 Å². The Morgan fingerprint density at radius 1 is 1.12 bits per heavy atom. The molecule has 2 amide bonds. The Morgan fingerprint density at radius 2 is 1.84 bits per heavy atom. The van der Waals surface area contributed by atoms with Crippen LogP contribution in [0.4, 0.5) is 16.3 Å².